The number of carboxylic acids is 1. The van der Waals surface area contributed by atoms with Gasteiger partial charge in [0.15, 0.2) is 0 Å². The summed E-state index contributed by atoms with van der Waals surface area (Å²) in [4.78, 5) is 13.3. The van der Waals surface area contributed by atoms with Gasteiger partial charge in [-0.1, -0.05) is 0 Å². The Morgan fingerprint density at radius 2 is 2.27 bits per heavy atom. The van der Waals surface area contributed by atoms with Gasteiger partial charge in [0.25, 0.3) is 0 Å². The molecule has 0 saturated heterocycles. The fourth-order valence-corrected chi connectivity index (χ4v) is 2.41. The minimum Gasteiger partial charge on any atom is -0.496 e. The fourth-order valence-electron chi connectivity index (χ4n) is 2.41. The molecule has 0 fully saturated rings. The third kappa shape index (κ3) is 3.43. The molecular formula is C15H18FN3O3. The smallest absolute Gasteiger partial charge is 0.325 e. The Morgan fingerprint density at radius 1 is 1.55 bits per heavy atom. The SMILES string of the molecule is COc1ccc(F)cc1[C@@H](C(=O)O)N(C)Cc1cnn(C)c1. The van der Waals surface area contributed by atoms with Crippen molar-refractivity contribution in [3.05, 3.63) is 47.5 Å². The maximum absolute atomic E-state index is 13.5. The number of rotatable bonds is 6. The van der Waals surface area contributed by atoms with Crippen molar-refractivity contribution in [3.8, 4) is 5.75 Å². The van der Waals surface area contributed by atoms with E-state index < -0.39 is 17.8 Å². The summed E-state index contributed by atoms with van der Waals surface area (Å²) < 4.78 is 20.3. The number of methoxy groups -OCH3 is 1. The molecular weight excluding hydrogens is 289 g/mol. The molecule has 0 unspecified atom stereocenters. The number of likely N-dealkylation sites (N-methyl/N-ethyl adjacent to an activating group) is 1. The molecule has 0 saturated carbocycles. The van der Waals surface area contributed by atoms with Crippen LogP contribution in [0.25, 0.3) is 0 Å². The van der Waals surface area contributed by atoms with E-state index in [0.29, 0.717) is 12.3 Å². The molecule has 118 valence electrons. The van der Waals surface area contributed by atoms with E-state index in [1.165, 1.54) is 25.3 Å². The van der Waals surface area contributed by atoms with Gasteiger partial charge in [-0.15, -0.1) is 0 Å². The van der Waals surface area contributed by atoms with Crippen molar-refractivity contribution in [2.45, 2.75) is 12.6 Å². The molecule has 0 amide bonds. The molecule has 0 aliphatic carbocycles. The van der Waals surface area contributed by atoms with Gasteiger partial charge in [0.2, 0.25) is 0 Å². The second kappa shape index (κ2) is 6.57. The van der Waals surface area contributed by atoms with Crippen LogP contribution in [-0.2, 0) is 18.4 Å². The van der Waals surface area contributed by atoms with Crippen molar-refractivity contribution in [2.24, 2.45) is 7.05 Å². The molecule has 2 aromatic rings. The highest BCUT2D eigenvalue weighted by atomic mass is 19.1. The summed E-state index contributed by atoms with van der Waals surface area (Å²) >= 11 is 0. The molecule has 0 aliphatic rings. The zero-order valence-corrected chi connectivity index (χ0v) is 12.7. The van der Waals surface area contributed by atoms with Crippen LogP contribution in [0, 0.1) is 5.82 Å². The lowest BCUT2D eigenvalue weighted by molar-refractivity contribution is -0.143. The van der Waals surface area contributed by atoms with Gasteiger partial charge < -0.3 is 9.84 Å². The van der Waals surface area contributed by atoms with Gasteiger partial charge in [0.05, 0.1) is 13.3 Å². The van der Waals surface area contributed by atoms with Crippen molar-refractivity contribution >= 4 is 5.97 Å². The number of aliphatic carboxylic acids is 1. The number of halogens is 1. The number of aromatic nitrogens is 2. The zero-order chi connectivity index (χ0) is 16.3. The molecule has 7 heteroatoms. The minimum atomic E-state index is -1.07. The van der Waals surface area contributed by atoms with Crippen LogP contribution in [0.5, 0.6) is 5.75 Å². The van der Waals surface area contributed by atoms with E-state index in [0.717, 1.165) is 5.56 Å². The van der Waals surface area contributed by atoms with E-state index >= 15 is 0 Å². The third-order valence-corrected chi connectivity index (χ3v) is 3.35. The average Bonchev–Trinajstić information content (AvgIpc) is 2.84. The Hall–Kier alpha value is -2.41. The quantitative estimate of drug-likeness (QED) is 0.882. The monoisotopic (exact) mass is 307 g/mol. The predicted molar refractivity (Wildman–Crippen MR) is 78.0 cm³/mol. The van der Waals surface area contributed by atoms with Crippen LogP contribution in [0.3, 0.4) is 0 Å². The minimum absolute atomic E-state index is 0.279. The van der Waals surface area contributed by atoms with Gasteiger partial charge in [0.1, 0.15) is 17.6 Å². The molecule has 6 nitrogen and oxygen atoms in total. The summed E-state index contributed by atoms with van der Waals surface area (Å²) in [5, 5.41) is 13.6. The summed E-state index contributed by atoms with van der Waals surface area (Å²) in [6, 6.07) is 2.84. The average molecular weight is 307 g/mol. The summed E-state index contributed by atoms with van der Waals surface area (Å²) in [5.74, 6) is -1.24. The normalized spacial score (nSPS) is 12.4. The molecule has 1 atom stereocenters. The zero-order valence-electron chi connectivity index (χ0n) is 12.7. The molecule has 22 heavy (non-hydrogen) atoms. The molecule has 1 heterocycles. The van der Waals surface area contributed by atoms with Crippen LogP contribution in [0.4, 0.5) is 4.39 Å². The standard InChI is InChI=1S/C15H18FN3O3/c1-18(8-10-7-17-19(2)9-10)14(15(20)21)12-6-11(16)4-5-13(12)22-3/h4-7,9,14H,8H2,1-3H3,(H,20,21)/t14-/m0/s1. The number of carbonyl (C=O) groups is 1. The van der Waals surface area contributed by atoms with Gasteiger partial charge in [-0.3, -0.25) is 14.4 Å². The van der Waals surface area contributed by atoms with Gasteiger partial charge in [-0.2, -0.15) is 5.10 Å². The summed E-state index contributed by atoms with van der Waals surface area (Å²) in [6.07, 6.45) is 3.47. The summed E-state index contributed by atoms with van der Waals surface area (Å²) in [6.45, 7) is 0.366. The van der Waals surface area contributed by atoms with Gasteiger partial charge in [0, 0.05) is 30.9 Å². The van der Waals surface area contributed by atoms with Crippen LogP contribution in [0.15, 0.2) is 30.6 Å². The van der Waals surface area contributed by atoms with Gasteiger partial charge in [-0.05, 0) is 25.2 Å². The molecule has 1 aromatic heterocycles. The highest BCUT2D eigenvalue weighted by Crippen LogP contribution is 2.30. The van der Waals surface area contributed by atoms with Crippen LogP contribution in [-0.4, -0.2) is 39.9 Å². The molecule has 0 radical (unpaired) electrons. The Balaban J connectivity index is 2.33. The van der Waals surface area contributed by atoms with Crippen molar-refractivity contribution < 1.29 is 19.0 Å². The maximum atomic E-state index is 13.5. The van der Waals surface area contributed by atoms with Crippen LogP contribution in [0.2, 0.25) is 0 Å². The van der Waals surface area contributed by atoms with E-state index in [-0.39, 0.29) is 5.56 Å². The second-order valence-electron chi connectivity index (χ2n) is 5.06. The second-order valence-corrected chi connectivity index (χ2v) is 5.06. The van der Waals surface area contributed by atoms with E-state index in [2.05, 4.69) is 5.10 Å². The summed E-state index contributed by atoms with van der Waals surface area (Å²) in [7, 11) is 4.88. The molecule has 1 N–H and O–H groups in total. The number of ether oxygens (including phenoxy) is 1. The Bertz CT molecular complexity index is 672. The summed E-state index contributed by atoms with van der Waals surface area (Å²) in [5.41, 5.74) is 1.15. The molecule has 0 spiro atoms. The highest BCUT2D eigenvalue weighted by molar-refractivity contribution is 5.76. The van der Waals surface area contributed by atoms with E-state index in [4.69, 9.17) is 4.74 Å². The first-order chi connectivity index (χ1) is 10.4. The Labute approximate surface area is 127 Å². The van der Waals surface area contributed by atoms with Crippen LogP contribution < -0.4 is 4.74 Å². The maximum Gasteiger partial charge on any atom is 0.325 e. The van der Waals surface area contributed by atoms with Crippen molar-refractivity contribution in [3.63, 3.8) is 0 Å². The topological polar surface area (TPSA) is 67.6 Å². The van der Waals surface area contributed by atoms with Crippen LogP contribution >= 0.6 is 0 Å². The molecule has 0 bridgehead atoms. The lowest BCUT2D eigenvalue weighted by Gasteiger charge is -2.25. The fraction of sp³-hybridized carbons (Fsp3) is 0.333. The lowest BCUT2D eigenvalue weighted by Crippen LogP contribution is -2.30. The van der Waals surface area contributed by atoms with E-state index in [1.54, 1.807) is 36.1 Å². The third-order valence-electron chi connectivity index (χ3n) is 3.35. The number of hydrogen-bond donors (Lipinski definition) is 1. The molecule has 1 aromatic carbocycles. The van der Waals surface area contributed by atoms with Crippen molar-refractivity contribution in [1.82, 2.24) is 14.7 Å². The Morgan fingerprint density at radius 3 is 2.82 bits per heavy atom. The van der Waals surface area contributed by atoms with Crippen molar-refractivity contribution in [2.75, 3.05) is 14.2 Å². The highest BCUT2D eigenvalue weighted by Gasteiger charge is 2.28. The van der Waals surface area contributed by atoms with E-state index in [9.17, 15) is 14.3 Å². The first-order valence-corrected chi connectivity index (χ1v) is 6.66. The Kier molecular flexibility index (Phi) is 4.77. The number of aryl methyl sites for hydroxylation is 1. The molecule has 0 aliphatic heterocycles. The number of nitrogens with zero attached hydrogens (tertiary/aromatic N) is 3. The number of benzene rings is 1. The van der Waals surface area contributed by atoms with E-state index in [1.807, 2.05) is 0 Å². The molecule has 2 rings (SSSR count). The number of hydrogen-bond acceptors (Lipinski definition) is 4. The van der Waals surface area contributed by atoms with Gasteiger partial charge in [-0.25, -0.2) is 4.39 Å². The first-order valence-electron chi connectivity index (χ1n) is 6.66. The van der Waals surface area contributed by atoms with Gasteiger partial charge >= 0.3 is 5.97 Å². The lowest BCUT2D eigenvalue weighted by atomic mass is 10.0. The van der Waals surface area contributed by atoms with Crippen molar-refractivity contribution in [1.29, 1.82) is 0 Å². The first kappa shape index (κ1) is 16.0. The van der Waals surface area contributed by atoms with Crippen LogP contribution in [0.1, 0.15) is 17.2 Å². The predicted octanol–water partition coefficient (Wildman–Crippen LogP) is 1.83. The number of carboxylic acid groups (broad SMARTS) is 1. The largest absolute Gasteiger partial charge is 0.496 e.